The molecule has 1 atom stereocenters. The standard InChI is InChI=1S/C17H25BrN2O4/c1-10-11(18)8-9-12(19-10)20(15(23)24-17(5,6)7)13(14(21)22)16(2,3)4/h8-9,13H,1-7H3,(H,21,22). The van der Waals surface area contributed by atoms with Crippen molar-refractivity contribution in [1.29, 1.82) is 0 Å². The van der Waals surface area contributed by atoms with Gasteiger partial charge in [-0.05, 0) is 61.2 Å². The van der Waals surface area contributed by atoms with E-state index in [9.17, 15) is 14.7 Å². The molecule has 1 heterocycles. The molecule has 0 aliphatic carbocycles. The van der Waals surface area contributed by atoms with E-state index in [1.54, 1.807) is 60.6 Å². The molecule has 0 saturated carbocycles. The predicted octanol–water partition coefficient (Wildman–Crippen LogP) is 4.39. The Bertz CT molecular complexity index is 632. The maximum Gasteiger partial charge on any atom is 0.416 e. The van der Waals surface area contributed by atoms with Crippen molar-refractivity contribution < 1.29 is 19.4 Å². The molecule has 1 amide bonds. The van der Waals surface area contributed by atoms with Gasteiger partial charge in [0.05, 0.1) is 5.69 Å². The zero-order chi connectivity index (χ0) is 18.9. The molecule has 0 spiro atoms. The summed E-state index contributed by atoms with van der Waals surface area (Å²) in [5.74, 6) is -0.872. The van der Waals surface area contributed by atoms with Crippen LogP contribution in [0.3, 0.4) is 0 Å². The largest absolute Gasteiger partial charge is 0.480 e. The van der Waals surface area contributed by atoms with Crippen LogP contribution < -0.4 is 4.90 Å². The van der Waals surface area contributed by atoms with Crippen molar-refractivity contribution in [3.63, 3.8) is 0 Å². The fourth-order valence-electron chi connectivity index (χ4n) is 2.18. The number of hydrogen-bond donors (Lipinski definition) is 1. The molecule has 1 rings (SSSR count). The van der Waals surface area contributed by atoms with Crippen molar-refractivity contribution >= 4 is 33.8 Å². The number of aryl methyl sites for hydroxylation is 1. The minimum Gasteiger partial charge on any atom is -0.480 e. The number of carbonyl (C=O) groups is 2. The van der Waals surface area contributed by atoms with Crippen LogP contribution in [0, 0.1) is 12.3 Å². The molecule has 24 heavy (non-hydrogen) atoms. The Morgan fingerprint density at radius 1 is 1.21 bits per heavy atom. The highest BCUT2D eigenvalue weighted by atomic mass is 79.9. The molecule has 1 N–H and O–H groups in total. The van der Waals surface area contributed by atoms with Crippen LogP contribution in [-0.2, 0) is 9.53 Å². The lowest BCUT2D eigenvalue weighted by Crippen LogP contribution is -2.54. The Morgan fingerprint density at radius 3 is 2.12 bits per heavy atom. The van der Waals surface area contributed by atoms with Gasteiger partial charge in [0.25, 0.3) is 0 Å². The number of carboxylic acid groups (broad SMARTS) is 1. The smallest absolute Gasteiger partial charge is 0.416 e. The van der Waals surface area contributed by atoms with Crippen LogP contribution in [0.25, 0.3) is 0 Å². The van der Waals surface area contributed by atoms with E-state index in [0.29, 0.717) is 5.69 Å². The first-order chi connectivity index (χ1) is 10.7. The third-order valence-corrected chi connectivity index (χ3v) is 3.99. The molecule has 1 aromatic rings. The van der Waals surface area contributed by atoms with Crippen molar-refractivity contribution in [2.24, 2.45) is 5.41 Å². The molecule has 0 aliphatic rings. The zero-order valence-electron chi connectivity index (χ0n) is 15.2. The van der Waals surface area contributed by atoms with E-state index in [0.717, 1.165) is 9.37 Å². The lowest BCUT2D eigenvalue weighted by Gasteiger charge is -2.37. The van der Waals surface area contributed by atoms with Crippen LogP contribution in [-0.4, -0.2) is 33.8 Å². The van der Waals surface area contributed by atoms with Crippen molar-refractivity contribution in [2.45, 2.75) is 60.1 Å². The van der Waals surface area contributed by atoms with Crippen LogP contribution in [0.1, 0.15) is 47.2 Å². The number of carboxylic acids is 1. The average Bonchev–Trinajstić information content (AvgIpc) is 2.35. The Hall–Kier alpha value is -1.63. The number of ether oxygens (including phenoxy) is 1. The van der Waals surface area contributed by atoms with E-state index in [-0.39, 0.29) is 5.82 Å². The molecular weight excluding hydrogens is 376 g/mol. The first-order valence-corrected chi connectivity index (χ1v) is 8.41. The normalized spacial score (nSPS) is 13.3. The summed E-state index contributed by atoms with van der Waals surface area (Å²) in [6, 6.07) is 2.21. The van der Waals surface area contributed by atoms with Crippen LogP contribution in [0.4, 0.5) is 10.6 Å². The fraction of sp³-hybridized carbons (Fsp3) is 0.588. The Kier molecular flexibility index (Phi) is 6.03. The van der Waals surface area contributed by atoms with Gasteiger partial charge in [0.2, 0.25) is 0 Å². The first-order valence-electron chi connectivity index (χ1n) is 7.62. The average molecular weight is 401 g/mol. The first kappa shape index (κ1) is 20.4. The minimum atomic E-state index is -1.12. The third-order valence-electron chi connectivity index (χ3n) is 3.16. The van der Waals surface area contributed by atoms with E-state index in [2.05, 4.69) is 20.9 Å². The van der Waals surface area contributed by atoms with Gasteiger partial charge in [-0.15, -0.1) is 0 Å². The van der Waals surface area contributed by atoms with Crippen LogP contribution in [0.5, 0.6) is 0 Å². The van der Waals surface area contributed by atoms with Gasteiger partial charge in [-0.25, -0.2) is 19.5 Å². The topological polar surface area (TPSA) is 79.7 Å². The van der Waals surface area contributed by atoms with E-state index in [4.69, 9.17) is 4.74 Å². The molecule has 1 unspecified atom stereocenters. The molecule has 134 valence electrons. The Balaban J connectivity index is 3.47. The number of pyridine rings is 1. The Morgan fingerprint density at radius 2 is 1.75 bits per heavy atom. The fourth-order valence-corrected chi connectivity index (χ4v) is 2.40. The molecule has 6 nitrogen and oxygen atoms in total. The monoisotopic (exact) mass is 400 g/mol. The third kappa shape index (κ3) is 5.19. The SMILES string of the molecule is Cc1nc(N(C(=O)OC(C)(C)C)C(C(=O)O)C(C)(C)C)ccc1Br. The van der Waals surface area contributed by atoms with Gasteiger partial charge in [0.1, 0.15) is 17.5 Å². The van der Waals surface area contributed by atoms with Crippen LogP contribution >= 0.6 is 15.9 Å². The highest BCUT2D eigenvalue weighted by Crippen LogP contribution is 2.31. The lowest BCUT2D eigenvalue weighted by atomic mass is 9.85. The number of hydrogen-bond acceptors (Lipinski definition) is 4. The summed E-state index contributed by atoms with van der Waals surface area (Å²) in [5, 5.41) is 9.73. The predicted molar refractivity (Wildman–Crippen MR) is 96.3 cm³/mol. The molecular formula is C17H25BrN2O4. The maximum atomic E-state index is 12.7. The quantitative estimate of drug-likeness (QED) is 0.813. The van der Waals surface area contributed by atoms with E-state index in [1.807, 2.05) is 0 Å². The van der Waals surface area contributed by atoms with Gasteiger partial charge in [-0.3, -0.25) is 0 Å². The van der Waals surface area contributed by atoms with E-state index in [1.165, 1.54) is 0 Å². The van der Waals surface area contributed by atoms with Gasteiger partial charge in [0, 0.05) is 4.47 Å². The van der Waals surface area contributed by atoms with Crippen molar-refractivity contribution in [2.75, 3.05) is 4.90 Å². The minimum absolute atomic E-state index is 0.243. The van der Waals surface area contributed by atoms with Gasteiger partial charge < -0.3 is 9.84 Å². The molecule has 1 aromatic heterocycles. The highest BCUT2D eigenvalue weighted by molar-refractivity contribution is 9.10. The molecule has 0 aromatic carbocycles. The summed E-state index contributed by atoms with van der Waals surface area (Å²) in [7, 11) is 0. The number of anilines is 1. The second kappa shape index (κ2) is 7.09. The van der Waals surface area contributed by atoms with E-state index < -0.39 is 29.1 Å². The number of nitrogens with zero attached hydrogens (tertiary/aromatic N) is 2. The number of rotatable bonds is 3. The summed E-state index contributed by atoms with van der Waals surface area (Å²) in [4.78, 5) is 30.1. The van der Waals surface area contributed by atoms with Crippen molar-refractivity contribution in [3.8, 4) is 0 Å². The van der Waals surface area contributed by atoms with Crippen LogP contribution in [0.15, 0.2) is 16.6 Å². The number of aromatic nitrogens is 1. The number of carbonyl (C=O) groups excluding carboxylic acids is 1. The number of amides is 1. The van der Waals surface area contributed by atoms with Gasteiger partial charge in [-0.2, -0.15) is 0 Å². The number of halogens is 1. The van der Waals surface area contributed by atoms with Gasteiger partial charge in [-0.1, -0.05) is 20.8 Å². The molecule has 0 fully saturated rings. The molecule has 0 bridgehead atoms. The highest BCUT2D eigenvalue weighted by Gasteiger charge is 2.42. The van der Waals surface area contributed by atoms with Crippen molar-refractivity contribution in [3.05, 3.63) is 22.3 Å². The van der Waals surface area contributed by atoms with Gasteiger partial charge in [0.15, 0.2) is 0 Å². The zero-order valence-corrected chi connectivity index (χ0v) is 16.8. The molecule has 0 radical (unpaired) electrons. The summed E-state index contributed by atoms with van der Waals surface area (Å²) in [6.45, 7) is 12.2. The van der Waals surface area contributed by atoms with Gasteiger partial charge >= 0.3 is 12.1 Å². The summed E-state index contributed by atoms with van der Waals surface area (Å²) in [6.07, 6.45) is -0.737. The summed E-state index contributed by atoms with van der Waals surface area (Å²) >= 11 is 3.36. The summed E-state index contributed by atoms with van der Waals surface area (Å²) < 4.78 is 6.20. The van der Waals surface area contributed by atoms with Crippen LogP contribution in [0.2, 0.25) is 0 Å². The summed E-state index contributed by atoms with van der Waals surface area (Å²) in [5.41, 5.74) is -0.814. The molecule has 0 aliphatic heterocycles. The molecule has 0 saturated heterocycles. The Labute approximate surface area is 151 Å². The molecule has 7 heteroatoms. The second-order valence-electron chi connectivity index (χ2n) is 7.69. The number of aliphatic carboxylic acids is 1. The lowest BCUT2D eigenvalue weighted by molar-refractivity contribution is -0.141. The second-order valence-corrected chi connectivity index (χ2v) is 8.55. The van der Waals surface area contributed by atoms with Crippen molar-refractivity contribution in [1.82, 2.24) is 4.98 Å². The maximum absolute atomic E-state index is 12.7. The van der Waals surface area contributed by atoms with E-state index >= 15 is 0 Å².